The van der Waals surface area contributed by atoms with E-state index >= 15 is 0 Å². The van der Waals surface area contributed by atoms with Crippen LogP contribution in [-0.4, -0.2) is 15.3 Å². The molecule has 4 nitrogen and oxygen atoms in total. The predicted octanol–water partition coefficient (Wildman–Crippen LogP) is 5.13. The maximum absolute atomic E-state index is 13.2. The van der Waals surface area contributed by atoms with Crippen LogP contribution in [-0.2, 0) is 12.6 Å². The fourth-order valence-electron chi connectivity index (χ4n) is 2.78. The monoisotopic (exact) mass is 381 g/mol. The standard InChI is InChI=1S/C18H15ClF3N3O/c1-3-13-15(25-8-4-5-10(2)16(25)23-13)17(26)24-14-7-6-11(19)9-12(14)18(20,21)22/h4-9H,3H2,1-2H3,(H,24,26). The van der Waals surface area contributed by atoms with E-state index in [9.17, 15) is 18.0 Å². The molecule has 0 saturated heterocycles. The van der Waals surface area contributed by atoms with E-state index < -0.39 is 17.6 Å². The fourth-order valence-corrected chi connectivity index (χ4v) is 2.95. The summed E-state index contributed by atoms with van der Waals surface area (Å²) in [6.45, 7) is 3.68. The van der Waals surface area contributed by atoms with Gasteiger partial charge in [-0.15, -0.1) is 0 Å². The van der Waals surface area contributed by atoms with Crippen LogP contribution in [0.5, 0.6) is 0 Å². The molecule has 8 heteroatoms. The number of imidazole rings is 1. The number of alkyl halides is 3. The van der Waals surface area contributed by atoms with E-state index in [1.165, 1.54) is 6.07 Å². The molecule has 0 radical (unpaired) electrons. The molecule has 1 N–H and O–H groups in total. The lowest BCUT2D eigenvalue weighted by Gasteiger charge is -2.14. The summed E-state index contributed by atoms with van der Waals surface area (Å²) in [5, 5.41) is 2.29. The highest BCUT2D eigenvalue weighted by atomic mass is 35.5. The SMILES string of the molecule is CCc1nc2c(C)cccn2c1C(=O)Nc1ccc(Cl)cc1C(F)(F)F. The zero-order valence-electron chi connectivity index (χ0n) is 14.0. The van der Waals surface area contributed by atoms with Crippen LogP contribution >= 0.6 is 11.6 Å². The summed E-state index contributed by atoms with van der Waals surface area (Å²) in [5.41, 5.74) is 0.844. The Hall–Kier alpha value is -2.54. The number of hydrogen-bond donors (Lipinski definition) is 1. The number of carbonyl (C=O) groups excluding carboxylic acids is 1. The normalized spacial score (nSPS) is 11.8. The average Bonchev–Trinajstić information content (AvgIpc) is 2.95. The van der Waals surface area contributed by atoms with Crippen LogP contribution < -0.4 is 5.32 Å². The van der Waals surface area contributed by atoms with Crippen molar-refractivity contribution in [2.45, 2.75) is 26.4 Å². The van der Waals surface area contributed by atoms with Crippen molar-refractivity contribution in [1.29, 1.82) is 0 Å². The van der Waals surface area contributed by atoms with E-state index in [2.05, 4.69) is 10.3 Å². The van der Waals surface area contributed by atoms with Gasteiger partial charge in [-0.2, -0.15) is 13.2 Å². The number of pyridine rings is 1. The van der Waals surface area contributed by atoms with Gasteiger partial charge < -0.3 is 5.32 Å². The molecule has 3 rings (SSSR count). The van der Waals surface area contributed by atoms with Crippen LogP contribution in [0.3, 0.4) is 0 Å². The van der Waals surface area contributed by atoms with Crippen molar-refractivity contribution in [2.75, 3.05) is 5.32 Å². The Balaban J connectivity index is 2.08. The van der Waals surface area contributed by atoms with E-state index in [1.807, 2.05) is 19.9 Å². The molecule has 0 fully saturated rings. The first kappa shape index (κ1) is 18.3. The van der Waals surface area contributed by atoms with Gasteiger partial charge in [0.05, 0.1) is 16.9 Å². The second kappa shape index (κ2) is 6.64. The molecule has 0 aliphatic heterocycles. The maximum Gasteiger partial charge on any atom is 0.418 e. The van der Waals surface area contributed by atoms with Crippen molar-refractivity contribution in [3.63, 3.8) is 0 Å². The van der Waals surface area contributed by atoms with Gasteiger partial charge in [0.25, 0.3) is 5.91 Å². The first-order valence-corrected chi connectivity index (χ1v) is 8.24. The third-order valence-electron chi connectivity index (χ3n) is 4.00. The third kappa shape index (κ3) is 3.26. The van der Waals surface area contributed by atoms with E-state index in [1.54, 1.807) is 16.7 Å². The molecule has 2 heterocycles. The summed E-state index contributed by atoms with van der Waals surface area (Å²) in [4.78, 5) is 17.2. The minimum Gasteiger partial charge on any atom is -0.320 e. The Morgan fingerprint density at radius 2 is 2.04 bits per heavy atom. The van der Waals surface area contributed by atoms with E-state index in [0.29, 0.717) is 17.8 Å². The highest BCUT2D eigenvalue weighted by molar-refractivity contribution is 6.30. The molecule has 0 bridgehead atoms. The molecule has 26 heavy (non-hydrogen) atoms. The molecule has 2 aromatic heterocycles. The van der Waals surface area contributed by atoms with Crippen LogP contribution in [0, 0.1) is 6.92 Å². The number of amides is 1. The molecule has 3 aromatic rings. The fraction of sp³-hybridized carbons (Fsp3) is 0.222. The van der Waals surface area contributed by atoms with Gasteiger partial charge in [0.1, 0.15) is 11.3 Å². The Morgan fingerprint density at radius 3 is 2.69 bits per heavy atom. The molecule has 0 spiro atoms. The molecule has 0 unspecified atom stereocenters. The maximum atomic E-state index is 13.2. The van der Waals surface area contributed by atoms with Crippen molar-refractivity contribution < 1.29 is 18.0 Å². The first-order valence-electron chi connectivity index (χ1n) is 7.87. The Bertz CT molecular complexity index is 995. The quantitative estimate of drug-likeness (QED) is 0.683. The number of aryl methyl sites for hydroxylation is 2. The largest absolute Gasteiger partial charge is 0.418 e. The smallest absolute Gasteiger partial charge is 0.320 e. The minimum absolute atomic E-state index is 0.0602. The number of hydrogen-bond acceptors (Lipinski definition) is 2. The van der Waals surface area contributed by atoms with Gasteiger partial charge in [-0.25, -0.2) is 4.98 Å². The number of carbonyl (C=O) groups is 1. The van der Waals surface area contributed by atoms with Crippen molar-refractivity contribution in [2.24, 2.45) is 0 Å². The molecule has 0 saturated carbocycles. The molecule has 1 aromatic carbocycles. The Labute approximate surface area is 152 Å². The summed E-state index contributed by atoms with van der Waals surface area (Å²) in [7, 11) is 0. The highest BCUT2D eigenvalue weighted by Crippen LogP contribution is 2.36. The van der Waals surface area contributed by atoms with Crippen molar-refractivity contribution >= 4 is 28.8 Å². The number of fused-ring (bicyclic) bond motifs is 1. The van der Waals surface area contributed by atoms with Crippen molar-refractivity contribution in [1.82, 2.24) is 9.38 Å². The summed E-state index contributed by atoms with van der Waals surface area (Å²) < 4.78 is 41.3. The zero-order chi connectivity index (χ0) is 19.1. The van der Waals surface area contributed by atoms with Gasteiger partial charge in [0.2, 0.25) is 0 Å². The van der Waals surface area contributed by atoms with Gasteiger partial charge in [0.15, 0.2) is 0 Å². The molecular weight excluding hydrogens is 367 g/mol. The van der Waals surface area contributed by atoms with Crippen LogP contribution in [0.2, 0.25) is 5.02 Å². The lowest BCUT2D eigenvalue weighted by molar-refractivity contribution is -0.136. The summed E-state index contributed by atoms with van der Waals surface area (Å²) in [5.74, 6) is -0.659. The topological polar surface area (TPSA) is 46.4 Å². The molecule has 0 aliphatic carbocycles. The third-order valence-corrected chi connectivity index (χ3v) is 4.24. The van der Waals surface area contributed by atoms with Crippen LogP contribution in [0.4, 0.5) is 18.9 Å². The number of anilines is 1. The lowest BCUT2D eigenvalue weighted by Crippen LogP contribution is -2.19. The Kier molecular flexibility index (Phi) is 4.66. The lowest BCUT2D eigenvalue weighted by atomic mass is 10.1. The zero-order valence-corrected chi connectivity index (χ0v) is 14.7. The van der Waals surface area contributed by atoms with Crippen molar-refractivity contribution in [3.05, 3.63) is 64.1 Å². The second-order valence-corrected chi connectivity index (χ2v) is 6.22. The van der Waals surface area contributed by atoms with E-state index in [4.69, 9.17) is 11.6 Å². The van der Waals surface area contributed by atoms with E-state index in [-0.39, 0.29) is 16.4 Å². The summed E-state index contributed by atoms with van der Waals surface area (Å²) >= 11 is 5.68. The van der Waals surface area contributed by atoms with Gasteiger partial charge >= 0.3 is 6.18 Å². The molecule has 1 amide bonds. The number of nitrogens with one attached hydrogen (secondary N) is 1. The highest BCUT2D eigenvalue weighted by Gasteiger charge is 2.34. The molecule has 136 valence electrons. The summed E-state index contributed by atoms with van der Waals surface area (Å²) in [6, 6.07) is 6.83. The molecular formula is C18H15ClF3N3O. The van der Waals surface area contributed by atoms with Crippen molar-refractivity contribution in [3.8, 4) is 0 Å². The second-order valence-electron chi connectivity index (χ2n) is 5.79. The Morgan fingerprint density at radius 1 is 1.31 bits per heavy atom. The number of halogens is 4. The number of benzene rings is 1. The summed E-state index contributed by atoms with van der Waals surface area (Å²) in [6.07, 6.45) is -2.51. The van der Waals surface area contributed by atoms with Gasteiger partial charge in [-0.3, -0.25) is 9.20 Å². The molecule has 0 aliphatic rings. The number of rotatable bonds is 3. The van der Waals surface area contributed by atoms with Gasteiger partial charge in [0, 0.05) is 11.2 Å². The van der Waals surface area contributed by atoms with Gasteiger partial charge in [-0.05, 0) is 43.2 Å². The van der Waals surface area contributed by atoms with Crippen LogP contribution in [0.25, 0.3) is 5.65 Å². The predicted molar refractivity (Wildman–Crippen MR) is 93.7 cm³/mol. The molecule has 0 atom stereocenters. The van der Waals surface area contributed by atoms with Crippen LogP contribution in [0.15, 0.2) is 36.5 Å². The minimum atomic E-state index is -4.64. The number of aromatic nitrogens is 2. The number of nitrogens with zero attached hydrogens (tertiary/aromatic N) is 2. The first-order chi connectivity index (χ1) is 12.2. The van der Waals surface area contributed by atoms with Gasteiger partial charge in [-0.1, -0.05) is 24.6 Å². The van der Waals surface area contributed by atoms with E-state index in [0.717, 1.165) is 17.7 Å². The van der Waals surface area contributed by atoms with Crippen LogP contribution in [0.1, 0.15) is 34.2 Å². The average molecular weight is 382 g/mol.